The quantitative estimate of drug-likeness (QED) is 0.859. The molecule has 1 aromatic carbocycles. The Morgan fingerprint density at radius 1 is 1.33 bits per heavy atom. The molecule has 1 aromatic heterocycles. The Hall–Kier alpha value is -2.31. The molecule has 5 nitrogen and oxygen atoms in total. The molecule has 0 aliphatic heterocycles. The fraction of sp³-hybridized carbons (Fsp3) is 0.0833. The minimum absolute atomic E-state index is 0.143. The molecular formula is C12H8BrN5. The van der Waals surface area contributed by atoms with Gasteiger partial charge in [0.15, 0.2) is 11.4 Å². The average molecular weight is 302 g/mol. The van der Waals surface area contributed by atoms with Crippen molar-refractivity contribution in [3.8, 4) is 12.1 Å². The van der Waals surface area contributed by atoms with Crippen LogP contribution >= 0.6 is 15.9 Å². The van der Waals surface area contributed by atoms with Crippen molar-refractivity contribution < 1.29 is 0 Å². The maximum atomic E-state index is 9.02. The number of halogens is 1. The van der Waals surface area contributed by atoms with Crippen LogP contribution in [0.25, 0.3) is 0 Å². The van der Waals surface area contributed by atoms with E-state index in [-0.39, 0.29) is 11.4 Å². The zero-order valence-electron chi connectivity index (χ0n) is 9.26. The summed E-state index contributed by atoms with van der Waals surface area (Å²) < 4.78 is 2.49. The molecule has 18 heavy (non-hydrogen) atoms. The normalized spacial score (nSPS) is 9.72. The number of nitriles is 2. The van der Waals surface area contributed by atoms with Gasteiger partial charge in [-0.15, -0.1) is 0 Å². The van der Waals surface area contributed by atoms with E-state index in [1.54, 1.807) is 16.7 Å². The van der Waals surface area contributed by atoms with Gasteiger partial charge in [0.25, 0.3) is 0 Å². The van der Waals surface area contributed by atoms with E-state index in [1.807, 2.05) is 18.2 Å². The highest BCUT2D eigenvalue weighted by molar-refractivity contribution is 9.10. The van der Waals surface area contributed by atoms with Crippen LogP contribution in [0.15, 0.2) is 29.0 Å². The van der Waals surface area contributed by atoms with Crippen LogP contribution in [0.3, 0.4) is 0 Å². The zero-order chi connectivity index (χ0) is 13.1. The summed E-state index contributed by atoms with van der Waals surface area (Å²) in [5, 5.41) is 17.8. The van der Waals surface area contributed by atoms with Gasteiger partial charge in [0.1, 0.15) is 12.1 Å². The van der Waals surface area contributed by atoms with Crippen molar-refractivity contribution in [2.45, 2.75) is 6.54 Å². The Morgan fingerprint density at radius 3 is 2.72 bits per heavy atom. The van der Waals surface area contributed by atoms with E-state index in [2.05, 4.69) is 20.9 Å². The lowest BCUT2D eigenvalue weighted by Crippen LogP contribution is -2.02. The average Bonchev–Trinajstić information content (AvgIpc) is 2.74. The van der Waals surface area contributed by atoms with E-state index in [9.17, 15) is 0 Å². The highest BCUT2D eigenvalue weighted by Crippen LogP contribution is 2.21. The maximum absolute atomic E-state index is 9.02. The van der Waals surface area contributed by atoms with Crippen molar-refractivity contribution in [3.63, 3.8) is 0 Å². The van der Waals surface area contributed by atoms with Crippen LogP contribution in [0.4, 0.5) is 5.69 Å². The van der Waals surface area contributed by atoms with Gasteiger partial charge in [0.2, 0.25) is 0 Å². The summed E-state index contributed by atoms with van der Waals surface area (Å²) >= 11 is 3.41. The van der Waals surface area contributed by atoms with E-state index in [0.29, 0.717) is 12.2 Å². The summed E-state index contributed by atoms with van der Waals surface area (Å²) in [6.07, 6.45) is 1.49. The Morgan fingerprint density at radius 2 is 2.11 bits per heavy atom. The molecule has 0 spiro atoms. The lowest BCUT2D eigenvalue weighted by atomic mass is 10.2. The third-order valence-electron chi connectivity index (χ3n) is 2.47. The molecule has 2 rings (SSSR count). The third kappa shape index (κ3) is 2.20. The van der Waals surface area contributed by atoms with Gasteiger partial charge in [-0.2, -0.15) is 10.5 Å². The minimum atomic E-state index is 0.143. The number of nitrogens with zero attached hydrogens (tertiary/aromatic N) is 4. The van der Waals surface area contributed by atoms with Gasteiger partial charge in [-0.25, -0.2) is 4.98 Å². The standard InChI is InChI=1S/C12H8BrN5/c13-10-3-9(16)2-1-8(10)6-18-7-17-11(4-14)12(18)5-15/h1-3,7H,6,16H2. The zero-order valence-corrected chi connectivity index (χ0v) is 10.8. The van der Waals surface area contributed by atoms with Gasteiger partial charge >= 0.3 is 0 Å². The Bertz CT molecular complexity index is 675. The number of nitrogens with two attached hydrogens (primary N) is 1. The van der Waals surface area contributed by atoms with E-state index < -0.39 is 0 Å². The molecule has 0 atom stereocenters. The molecule has 0 aliphatic rings. The molecule has 0 fully saturated rings. The van der Waals surface area contributed by atoms with Gasteiger partial charge in [0.05, 0.1) is 12.9 Å². The predicted octanol–water partition coefficient (Wildman–Crippen LogP) is 2.02. The summed E-state index contributed by atoms with van der Waals surface area (Å²) in [5.74, 6) is 0. The summed E-state index contributed by atoms with van der Waals surface area (Å²) in [4.78, 5) is 3.89. The number of anilines is 1. The number of hydrogen-bond acceptors (Lipinski definition) is 4. The van der Waals surface area contributed by atoms with Gasteiger partial charge in [-0.05, 0) is 17.7 Å². The third-order valence-corrected chi connectivity index (χ3v) is 3.21. The highest BCUT2D eigenvalue weighted by Gasteiger charge is 2.11. The molecule has 88 valence electrons. The Balaban J connectivity index is 2.38. The molecule has 0 amide bonds. The predicted molar refractivity (Wildman–Crippen MR) is 69.3 cm³/mol. The molecular weight excluding hydrogens is 294 g/mol. The van der Waals surface area contributed by atoms with Crippen molar-refractivity contribution in [2.24, 2.45) is 0 Å². The first-order chi connectivity index (χ1) is 8.65. The smallest absolute Gasteiger partial charge is 0.176 e. The number of nitrogen functional groups attached to an aromatic ring is 1. The molecule has 2 aromatic rings. The first kappa shape index (κ1) is 12.2. The second-order valence-electron chi connectivity index (χ2n) is 3.64. The monoisotopic (exact) mass is 301 g/mol. The molecule has 0 saturated carbocycles. The van der Waals surface area contributed by atoms with Crippen molar-refractivity contribution in [2.75, 3.05) is 5.73 Å². The van der Waals surface area contributed by atoms with E-state index >= 15 is 0 Å². The molecule has 0 aliphatic carbocycles. The van der Waals surface area contributed by atoms with Crippen LogP contribution < -0.4 is 5.73 Å². The van der Waals surface area contributed by atoms with Crippen molar-refractivity contribution in [3.05, 3.63) is 46.0 Å². The van der Waals surface area contributed by atoms with Crippen LogP contribution in [0, 0.1) is 22.7 Å². The highest BCUT2D eigenvalue weighted by atomic mass is 79.9. The van der Waals surface area contributed by atoms with Crippen LogP contribution in [0.2, 0.25) is 0 Å². The SMILES string of the molecule is N#Cc1ncn(Cc2ccc(N)cc2Br)c1C#N. The molecule has 6 heteroatoms. The van der Waals surface area contributed by atoms with Crippen molar-refractivity contribution in [1.82, 2.24) is 9.55 Å². The largest absolute Gasteiger partial charge is 0.399 e. The van der Waals surface area contributed by atoms with Crippen LogP contribution in [-0.2, 0) is 6.54 Å². The number of benzene rings is 1. The second-order valence-corrected chi connectivity index (χ2v) is 4.50. The summed E-state index contributed by atoms with van der Waals surface area (Å²) in [6, 6.07) is 9.32. The van der Waals surface area contributed by atoms with Crippen LogP contribution in [0.5, 0.6) is 0 Å². The topological polar surface area (TPSA) is 91.4 Å². The van der Waals surface area contributed by atoms with Gasteiger partial charge in [-0.3, -0.25) is 0 Å². The number of aromatic nitrogens is 2. The summed E-state index contributed by atoms with van der Waals surface area (Å²) in [6.45, 7) is 0.457. The minimum Gasteiger partial charge on any atom is -0.399 e. The first-order valence-electron chi connectivity index (χ1n) is 5.05. The fourth-order valence-electron chi connectivity index (χ4n) is 1.58. The van der Waals surface area contributed by atoms with Crippen molar-refractivity contribution >= 4 is 21.6 Å². The fourth-order valence-corrected chi connectivity index (χ4v) is 2.10. The lowest BCUT2D eigenvalue weighted by molar-refractivity contribution is 0.783. The van der Waals surface area contributed by atoms with Crippen molar-refractivity contribution in [1.29, 1.82) is 10.5 Å². The number of rotatable bonds is 2. The first-order valence-corrected chi connectivity index (χ1v) is 5.84. The lowest BCUT2D eigenvalue weighted by Gasteiger charge is -2.07. The molecule has 0 radical (unpaired) electrons. The molecule has 0 unspecified atom stereocenters. The Kier molecular flexibility index (Phi) is 3.31. The van der Waals surface area contributed by atoms with E-state index in [4.69, 9.17) is 16.3 Å². The molecule has 0 saturated heterocycles. The second kappa shape index (κ2) is 4.91. The summed E-state index contributed by atoms with van der Waals surface area (Å²) in [5.41, 5.74) is 7.69. The molecule has 0 bridgehead atoms. The van der Waals surface area contributed by atoms with Gasteiger partial charge in [-0.1, -0.05) is 22.0 Å². The number of hydrogen-bond donors (Lipinski definition) is 1. The Labute approximate surface area is 112 Å². The summed E-state index contributed by atoms with van der Waals surface area (Å²) in [7, 11) is 0. The van der Waals surface area contributed by atoms with Gasteiger partial charge < -0.3 is 10.3 Å². The van der Waals surface area contributed by atoms with Gasteiger partial charge in [0, 0.05) is 10.2 Å². The van der Waals surface area contributed by atoms with E-state index in [1.165, 1.54) is 6.33 Å². The van der Waals surface area contributed by atoms with Crippen LogP contribution in [-0.4, -0.2) is 9.55 Å². The maximum Gasteiger partial charge on any atom is 0.176 e. The van der Waals surface area contributed by atoms with Crippen LogP contribution in [0.1, 0.15) is 17.0 Å². The number of imidazole rings is 1. The molecule has 1 heterocycles. The molecule has 2 N–H and O–H groups in total. The van der Waals surface area contributed by atoms with E-state index in [0.717, 1.165) is 10.0 Å².